The van der Waals surface area contributed by atoms with Gasteiger partial charge in [-0.25, -0.2) is 13.2 Å². The van der Waals surface area contributed by atoms with E-state index in [1.54, 1.807) is 6.26 Å². The Balaban J connectivity index is 2.91. The van der Waals surface area contributed by atoms with Crippen LogP contribution in [0.15, 0.2) is 17.1 Å². The molecule has 0 saturated carbocycles. The SMILES string of the molecule is CSC(N)=NCc1cc(F)c(F)cc1F. The van der Waals surface area contributed by atoms with Gasteiger partial charge < -0.3 is 5.73 Å². The predicted molar refractivity (Wildman–Crippen MR) is 55.2 cm³/mol. The smallest absolute Gasteiger partial charge is 0.161 e. The number of amidine groups is 1. The topological polar surface area (TPSA) is 38.4 Å². The Bertz CT molecular complexity index is 393. The Morgan fingerprint density at radius 2 is 1.87 bits per heavy atom. The second-order valence-electron chi connectivity index (χ2n) is 2.72. The molecule has 0 heterocycles. The molecular formula is C9H9F3N2S. The van der Waals surface area contributed by atoms with Crippen molar-refractivity contribution in [3.8, 4) is 0 Å². The molecule has 0 aliphatic rings. The molecule has 0 saturated heterocycles. The largest absolute Gasteiger partial charge is 0.379 e. The van der Waals surface area contributed by atoms with Gasteiger partial charge in [0.05, 0.1) is 6.54 Å². The van der Waals surface area contributed by atoms with Crippen LogP contribution in [-0.2, 0) is 6.54 Å². The van der Waals surface area contributed by atoms with Crippen LogP contribution in [0.25, 0.3) is 0 Å². The number of aliphatic imine (C=N–C) groups is 1. The third-order valence-corrected chi connectivity index (χ3v) is 2.25. The molecule has 6 heteroatoms. The highest BCUT2D eigenvalue weighted by atomic mass is 32.2. The zero-order valence-corrected chi connectivity index (χ0v) is 8.75. The van der Waals surface area contributed by atoms with Crippen molar-refractivity contribution in [1.82, 2.24) is 0 Å². The van der Waals surface area contributed by atoms with Crippen molar-refractivity contribution in [2.75, 3.05) is 6.26 Å². The first-order chi connectivity index (χ1) is 7.04. The summed E-state index contributed by atoms with van der Waals surface area (Å²) < 4.78 is 38.3. The van der Waals surface area contributed by atoms with Crippen LogP contribution in [0.4, 0.5) is 13.2 Å². The Morgan fingerprint density at radius 1 is 1.27 bits per heavy atom. The number of hydrogen-bond acceptors (Lipinski definition) is 2. The van der Waals surface area contributed by atoms with Gasteiger partial charge in [-0.1, -0.05) is 11.8 Å². The zero-order valence-electron chi connectivity index (χ0n) is 7.93. The van der Waals surface area contributed by atoms with Crippen molar-refractivity contribution < 1.29 is 13.2 Å². The molecule has 2 nitrogen and oxygen atoms in total. The summed E-state index contributed by atoms with van der Waals surface area (Å²) in [5, 5.41) is 0.263. The van der Waals surface area contributed by atoms with E-state index in [9.17, 15) is 13.2 Å². The fourth-order valence-electron chi connectivity index (χ4n) is 0.913. The van der Waals surface area contributed by atoms with Crippen LogP contribution in [0.2, 0.25) is 0 Å². The van der Waals surface area contributed by atoms with Crippen LogP contribution in [0.5, 0.6) is 0 Å². The molecule has 15 heavy (non-hydrogen) atoms. The maximum absolute atomic E-state index is 13.1. The molecule has 1 aromatic rings. The lowest BCUT2D eigenvalue weighted by atomic mass is 10.2. The van der Waals surface area contributed by atoms with Gasteiger partial charge in [-0.2, -0.15) is 0 Å². The number of benzene rings is 1. The van der Waals surface area contributed by atoms with Gasteiger partial charge in [0.15, 0.2) is 16.8 Å². The highest BCUT2D eigenvalue weighted by Crippen LogP contribution is 2.14. The molecule has 0 aliphatic carbocycles. The minimum absolute atomic E-state index is 0.0223. The van der Waals surface area contributed by atoms with Gasteiger partial charge in [0.25, 0.3) is 0 Å². The second-order valence-corrected chi connectivity index (χ2v) is 3.54. The molecule has 82 valence electrons. The van der Waals surface area contributed by atoms with E-state index < -0.39 is 17.5 Å². The Labute approximate surface area is 89.4 Å². The van der Waals surface area contributed by atoms with Gasteiger partial charge in [-0.3, -0.25) is 4.99 Å². The van der Waals surface area contributed by atoms with Crippen molar-refractivity contribution in [2.24, 2.45) is 10.7 Å². The number of halogens is 3. The van der Waals surface area contributed by atoms with E-state index in [-0.39, 0.29) is 17.3 Å². The molecule has 0 radical (unpaired) electrons. The van der Waals surface area contributed by atoms with E-state index in [1.165, 1.54) is 11.8 Å². The van der Waals surface area contributed by atoms with Gasteiger partial charge >= 0.3 is 0 Å². The monoisotopic (exact) mass is 234 g/mol. The number of nitrogens with two attached hydrogens (primary N) is 1. The third-order valence-electron chi connectivity index (χ3n) is 1.70. The van der Waals surface area contributed by atoms with E-state index in [1.807, 2.05) is 0 Å². The van der Waals surface area contributed by atoms with E-state index in [2.05, 4.69) is 4.99 Å². The van der Waals surface area contributed by atoms with Gasteiger partial charge in [0.1, 0.15) is 5.82 Å². The number of thioether (sulfide) groups is 1. The lowest BCUT2D eigenvalue weighted by molar-refractivity contribution is 0.490. The van der Waals surface area contributed by atoms with Crippen LogP contribution in [-0.4, -0.2) is 11.4 Å². The lowest BCUT2D eigenvalue weighted by Crippen LogP contribution is -2.06. The van der Waals surface area contributed by atoms with E-state index in [0.29, 0.717) is 6.07 Å². The molecule has 0 bridgehead atoms. The molecule has 0 spiro atoms. The first-order valence-electron chi connectivity index (χ1n) is 4.02. The van der Waals surface area contributed by atoms with Crippen LogP contribution in [0.1, 0.15) is 5.56 Å². The van der Waals surface area contributed by atoms with Gasteiger partial charge in [-0.05, 0) is 12.3 Å². The van der Waals surface area contributed by atoms with Crippen molar-refractivity contribution in [2.45, 2.75) is 6.54 Å². The van der Waals surface area contributed by atoms with Gasteiger partial charge in [0.2, 0.25) is 0 Å². The third kappa shape index (κ3) is 3.16. The van der Waals surface area contributed by atoms with Crippen molar-refractivity contribution in [1.29, 1.82) is 0 Å². The molecule has 0 fully saturated rings. The first-order valence-corrected chi connectivity index (χ1v) is 5.24. The summed E-state index contributed by atoms with van der Waals surface area (Å²) in [4.78, 5) is 3.77. The maximum atomic E-state index is 13.1. The maximum Gasteiger partial charge on any atom is 0.161 e. The molecule has 0 unspecified atom stereocenters. The van der Waals surface area contributed by atoms with E-state index in [4.69, 9.17) is 5.73 Å². The van der Waals surface area contributed by atoms with Crippen LogP contribution < -0.4 is 5.73 Å². The molecular weight excluding hydrogens is 225 g/mol. The quantitative estimate of drug-likeness (QED) is 0.484. The minimum atomic E-state index is -1.21. The van der Waals surface area contributed by atoms with Crippen LogP contribution in [0, 0.1) is 17.5 Å². The Morgan fingerprint density at radius 3 is 2.47 bits per heavy atom. The van der Waals surface area contributed by atoms with Crippen LogP contribution >= 0.6 is 11.8 Å². The zero-order chi connectivity index (χ0) is 11.4. The lowest BCUT2D eigenvalue weighted by Gasteiger charge is -2.01. The fourth-order valence-corrected chi connectivity index (χ4v) is 1.11. The number of hydrogen-bond donors (Lipinski definition) is 1. The van der Waals surface area contributed by atoms with Crippen molar-refractivity contribution in [3.63, 3.8) is 0 Å². The van der Waals surface area contributed by atoms with Gasteiger partial charge in [0, 0.05) is 11.6 Å². The summed E-state index contributed by atoms with van der Waals surface area (Å²) in [6.45, 7) is -0.101. The first kappa shape index (κ1) is 11.9. The normalized spacial score (nSPS) is 11.9. The van der Waals surface area contributed by atoms with E-state index >= 15 is 0 Å². The highest BCUT2D eigenvalue weighted by molar-refractivity contribution is 8.13. The summed E-state index contributed by atoms with van der Waals surface area (Å²) in [5.74, 6) is -3.13. The summed E-state index contributed by atoms with van der Waals surface area (Å²) >= 11 is 1.19. The summed E-state index contributed by atoms with van der Waals surface area (Å²) in [6.07, 6.45) is 1.71. The fraction of sp³-hybridized carbons (Fsp3) is 0.222. The molecule has 1 aromatic carbocycles. The number of nitrogens with zero attached hydrogens (tertiary/aromatic N) is 1. The second kappa shape index (κ2) is 5.06. The van der Waals surface area contributed by atoms with Gasteiger partial charge in [-0.15, -0.1) is 0 Å². The molecule has 0 amide bonds. The summed E-state index contributed by atoms with van der Waals surface area (Å²) in [6, 6.07) is 1.28. The van der Waals surface area contributed by atoms with E-state index in [0.717, 1.165) is 6.07 Å². The Hall–Kier alpha value is -1.17. The van der Waals surface area contributed by atoms with Crippen molar-refractivity contribution >= 4 is 16.9 Å². The summed E-state index contributed by atoms with van der Waals surface area (Å²) in [7, 11) is 0. The van der Waals surface area contributed by atoms with Crippen molar-refractivity contribution in [3.05, 3.63) is 35.1 Å². The standard InChI is InChI=1S/C9H9F3N2S/c1-15-9(13)14-4-5-2-7(11)8(12)3-6(5)10/h2-3H,4H2,1H3,(H2,13,14). The minimum Gasteiger partial charge on any atom is -0.379 e. The van der Waals surface area contributed by atoms with Crippen LogP contribution in [0.3, 0.4) is 0 Å². The Kier molecular flexibility index (Phi) is 4.02. The summed E-state index contributed by atoms with van der Waals surface area (Å²) in [5.41, 5.74) is 5.34. The number of rotatable bonds is 2. The molecule has 0 aliphatic heterocycles. The predicted octanol–water partition coefficient (Wildman–Crippen LogP) is 2.28. The average Bonchev–Trinajstić information content (AvgIpc) is 2.21. The molecule has 0 aromatic heterocycles. The average molecular weight is 234 g/mol. The highest BCUT2D eigenvalue weighted by Gasteiger charge is 2.09. The molecule has 2 N–H and O–H groups in total. The molecule has 1 rings (SSSR count). The molecule has 0 atom stereocenters.